The van der Waals surface area contributed by atoms with Gasteiger partial charge in [0.15, 0.2) is 0 Å². The maximum atomic E-state index is 3.48. The summed E-state index contributed by atoms with van der Waals surface area (Å²) in [5.74, 6) is 0.574. The van der Waals surface area contributed by atoms with Gasteiger partial charge in [-0.2, -0.15) is 0 Å². The van der Waals surface area contributed by atoms with Crippen LogP contribution in [0, 0.1) is 0 Å². The highest BCUT2D eigenvalue weighted by molar-refractivity contribution is 5.85. The minimum atomic E-state index is 0. The van der Waals surface area contributed by atoms with Crippen LogP contribution in [-0.4, -0.2) is 7.05 Å². The molecule has 0 aliphatic heterocycles. The molecule has 2 heteroatoms. The van der Waals surface area contributed by atoms with Gasteiger partial charge >= 0.3 is 0 Å². The van der Waals surface area contributed by atoms with Crippen LogP contribution in [0.2, 0.25) is 0 Å². The van der Waals surface area contributed by atoms with Crippen LogP contribution in [-0.2, 0) is 5.54 Å². The molecule has 0 saturated heterocycles. The molecule has 21 heavy (non-hydrogen) atoms. The molecule has 0 radical (unpaired) electrons. The summed E-state index contributed by atoms with van der Waals surface area (Å²) in [5, 5.41) is 3.48. The average molecular weight is 302 g/mol. The van der Waals surface area contributed by atoms with Crippen LogP contribution in [0.15, 0.2) is 48.5 Å². The van der Waals surface area contributed by atoms with Crippen LogP contribution < -0.4 is 5.32 Å². The van der Waals surface area contributed by atoms with Crippen molar-refractivity contribution in [3.05, 3.63) is 59.7 Å². The van der Waals surface area contributed by atoms with E-state index in [0.29, 0.717) is 5.92 Å². The molecule has 1 N–H and O–H groups in total. The van der Waals surface area contributed by atoms with E-state index in [9.17, 15) is 0 Å². The summed E-state index contributed by atoms with van der Waals surface area (Å²) in [6.07, 6.45) is 2.50. The van der Waals surface area contributed by atoms with E-state index in [2.05, 4.69) is 74.7 Å². The maximum Gasteiger partial charge on any atom is 0.0434 e. The van der Waals surface area contributed by atoms with E-state index >= 15 is 0 Å². The monoisotopic (exact) mass is 301 g/mol. The van der Waals surface area contributed by atoms with Crippen molar-refractivity contribution in [1.29, 1.82) is 0 Å². The first-order valence-corrected chi connectivity index (χ1v) is 7.54. The normalized spacial score (nSPS) is 15.6. The van der Waals surface area contributed by atoms with Crippen LogP contribution >= 0.6 is 12.4 Å². The molecule has 1 aliphatic carbocycles. The van der Waals surface area contributed by atoms with Crippen molar-refractivity contribution in [3.63, 3.8) is 0 Å². The molecular weight excluding hydrogens is 278 g/mol. The molecule has 2 aromatic carbocycles. The van der Waals surface area contributed by atoms with E-state index in [1.807, 2.05) is 0 Å². The lowest BCUT2D eigenvalue weighted by Gasteiger charge is -2.16. The van der Waals surface area contributed by atoms with Gasteiger partial charge in [-0.3, -0.25) is 0 Å². The number of hydrogen-bond donors (Lipinski definition) is 1. The Morgan fingerprint density at radius 1 is 0.952 bits per heavy atom. The zero-order valence-electron chi connectivity index (χ0n) is 13.0. The van der Waals surface area contributed by atoms with Gasteiger partial charge < -0.3 is 5.32 Å². The van der Waals surface area contributed by atoms with Gasteiger partial charge in [-0.15, -0.1) is 12.4 Å². The number of benzene rings is 2. The minimum absolute atomic E-state index is 0. The molecule has 0 heterocycles. The fourth-order valence-corrected chi connectivity index (χ4v) is 2.88. The van der Waals surface area contributed by atoms with E-state index < -0.39 is 0 Å². The summed E-state index contributed by atoms with van der Waals surface area (Å²) >= 11 is 0. The predicted molar refractivity (Wildman–Crippen MR) is 93.2 cm³/mol. The van der Waals surface area contributed by atoms with Gasteiger partial charge in [0.2, 0.25) is 0 Å². The summed E-state index contributed by atoms with van der Waals surface area (Å²) in [5.41, 5.74) is 5.72. The van der Waals surface area contributed by atoms with E-state index in [1.54, 1.807) is 0 Å². The minimum Gasteiger partial charge on any atom is -0.310 e. The second-order valence-electron chi connectivity index (χ2n) is 6.19. The Morgan fingerprint density at radius 2 is 1.57 bits per heavy atom. The topological polar surface area (TPSA) is 12.0 Å². The van der Waals surface area contributed by atoms with Gasteiger partial charge in [0.1, 0.15) is 0 Å². The fraction of sp³-hybridized carbons (Fsp3) is 0.368. The van der Waals surface area contributed by atoms with E-state index in [4.69, 9.17) is 0 Å². The molecule has 0 amide bonds. The second kappa shape index (κ2) is 6.21. The largest absolute Gasteiger partial charge is 0.310 e. The molecule has 0 atom stereocenters. The molecule has 2 aromatic rings. The Balaban J connectivity index is 0.00000161. The fourth-order valence-electron chi connectivity index (χ4n) is 2.88. The Bertz CT molecular complexity index is 614. The third-order valence-corrected chi connectivity index (χ3v) is 4.53. The van der Waals surface area contributed by atoms with Crippen molar-refractivity contribution in [2.24, 2.45) is 0 Å². The Kier molecular flexibility index (Phi) is 4.75. The van der Waals surface area contributed by atoms with Gasteiger partial charge in [0, 0.05) is 5.54 Å². The van der Waals surface area contributed by atoms with Gasteiger partial charge in [-0.1, -0.05) is 56.3 Å². The highest BCUT2D eigenvalue weighted by Gasteiger charge is 2.42. The van der Waals surface area contributed by atoms with E-state index in [0.717, 1.165) is 0 Å². The van der Waals surface area contributed by atoms with Crippen LogP contribution in [0.4, 0.5) is 0 Å². The van der Waals surface area contributed by atoms with Gasteiger partial charge in [-0.25, -0.2) is 0 Å². The van der Waals surface area contributed by atoms with Gasteiger partial charge in [0.05, 0.1) is 0 Å². The summed E-state index contributed by atoms with van der Waals surface area (Å²) in [6.45, 7) is 4.49. The highest BCUT2D eigenvalue weighted by atomic mass is 35.5. The molecule has 3 rings (SSSR count). The first-order chi connectivity index (χ1) is 9.64. The zero-order chi connectivity index (χ0) is 14.2. The molecule has 0 spiro atoms. The lowest BCUT2D eigenvalue weighted by atomic mass is 9.95. The number of halogens is 1. The molecule has 1 fully saturated rings. The molecule has 0 aromatic heterocycles. The van der Waals surface area contributed by atoms with Gasteiger partial charge in [-0.05, 0) is 54.1 Å². The van der Waals surface area contributed by atoms with Crippen molar-refractivity contribution in [1.82, 2.24) is 5.32 Å². The van der Waals surface area contributed by atoms with Crippen molar-refractivity contribution < 1.29 is 0 Å². The molecule has 0 bridgehead atoms. The lowest BCUT2D eigenvalue weighted by molar-refractivity contribution is 0.586. The van der Waals surface area contributed by atoms with Crippen LogP contribution in [0.5, 0.6) is 0 Å². The Morgan fingerprint density at radius 3 is 2.14 bits per heavy atom. The quantitative estimate of drug-likeness (QED) is 0.827. The Labute approximate surface area is 134 Å². The van der Waals surface area contributed by atoms with Crippen LogP contribution in [0.3, 0.4) is 0 Å². The van der Waals surface area contributed by atoms with E-state index in [1.165, 1.54) is 35.1 Å². The molecular formula is C19H24ClN. The maximum absolute atomic E-state index is 3.48. The van der Waals surface area contributed by atoms with Crippen molar-refractivity contribution >= 4 is 12.4 Å². The van der Waals surface area contributed by atoms with Crippen molar-refractivity contribution in [3.8, 4) is 11.1 Å². The average Bonchev–Trinajstić information content (AvgIpc) is 3.29. The summed E-state index contributed by atoms with van der Waals surface area (Å²) < 4.78 is 0. The SMILES string of the molecule is CNC1(c2cccc(-c3cccc(C(C)C)c3)c2)CC1.Cl. The lowest BCUT2D eigenvalue weighted by Crippen LogP contribution is -2.24. The molecule has 1 saturated carbocycles. The van der Waals surface area contributed by atoms with Crippen molar-refractivity contribution in [2.45, 2.75) is 38.1 Å². The second-order valence-corrected chi connectivity index (χ2v) is 6.19. The summed E-state index contributed by atoms with van der Waals surface area (Å²) in [7, 11) is 2.07. The number of rotatable bonds is 4. The number of hydrogen-bond acceptors (Lipinski definition) is 1. The zero-order valence-corrected chi connectivity index (χ0v) is 13.8. The number of nitrogens with one attached hydrogen (secondary N) is 1. The molecule has 1 nitrogen and oxygen atoms in total. The third kappa shape index (κ3) is 3.14. The molecule has 0 unspecified atom stereocenters. The molecule has 1 aliphatic rings. The Hall–Kier alpha value is -1.31. The third-order valence-electron chi connectivity index (χ3n) is 4.53. The predicted octanol–water partition coefficient (Wildman–Crippen LogP) is 5.11. The smallest absolute Gasteiger partial charge is 0.0434 e. The summed E-state index contributed by atoms with van der Waals surface area (Å²) in [4.78, 5) is 0. The van der Waals surface area contributed by atoms with Gasteiger partial charge in [0.25, 0.3) is 0 Å². The first-order valence-electron chi connectivity index (χ1n) is 7.54. The summed E-state index contributed by atoms with van der Waals surface area (Å²) in [6, 6.07) is 17.9. The first kappa shape index (κ1) is 16.1. The van der Waals surface area contributed by atoms with E-state index in [-0.39, 0.29) is 17.9 Å². The standard InChI is InChI=1S/C19H23N.ClH/c1-14(2)15-6-4-7-16(12-15)17-8-5-9-18(13-17)19(20-3)10-11-19;/h4-9,12-14,20H,10-11H2,1-3H3;1H. The van der Waals surface area contributed by atoms with Crippen LogP contribution in [0.25, 0.3) is 11.1 Å². The van der Waals surface area contributed by atoms with Crippen molar-refractivity contribution in [2.75, 3.05) is 7.05 Å². The molecule has 112 valence electrons. The van der Waals surface area contributed by atoms with Crippen LogP contribution in [0.1, 0.15) is 43.7 Å². The highest BCUT2D eigenvalue weighted by Crippen LogP contribution is 2.45.